The Bertz CT molecular complexity index is 281. The Hall–Kier alpha value is -1.06. The first kappa shape index (κ1) is 10.0. The highest BCUT2D eigenvalue weighted by atomic mass is 19.4. The summed E-state index contributed by atoms with van der Waals surface area (Å²) in [5, 5.41) is 0. The Morgan fingerprint density at radius 1 is 1.23 bits per heavy atom. The molecule has 0 bridgehead atoms. The summed E-state index contributed by atoms with van der Waals surface area (Å²) in [7, 11) is 0. The number of rotatable bonds is 1. The van der Waals surface area contributed by atoms with Crippen molar-refractivity contribution in [3.63, 3.8) is 0 Å². The molecule has 0 saturated heterocycles. The molecule has 0 fully saturated rings. The standard InChI is InChI=1S/C9H8F4/c1-6-3-2-4-8(10)7(6)5-9(11,12)13/h2-4H,5H2,1H3. The fraction of sp³-hybridized carbons (Fsp3) is 0.333. The van der Waals surface area contributed by atoms with Crippen LogP contribution in [0.5, 0.6) is 0 Å². The first-order valence-electron chi connectivity index (χ1n) is 3.71. The van der Waals surface area contributed by atoms with Gasteiger partial charge < -0.3 is 0 Å². The lowest BCUT2D eigenvalue weighted by Gasteiger charge is -2.09. The minimum atomic E-state index is -4.35. The summed E-state index contributed by atoms with van der Waals surface area (Å²) in [6.45, 7) is 1.46. The molecule has 1 rings (SSSR count). The molecule has 0 amide bonds. The summed E-state index contributed by atoms with van der Waals surface area (Å²) < 4.78 is 48.7. The number of aryl methyl sites for hydroxylation is 1. The second-order valence-electron chi connectivity index (χ2n) is 2.83. The summed E-state index contributed by atoms with van der Waals surface area (Å²) in [5.41, 5.74) is 0.0623. The molecule has 0 unspecified atom stereocenters. The van der Waals surface area contributed by atoms with E-state index < -0.39 is 18.4 Å². The van der Waals surface area contributed by atoms with Gasteiger partial charge in [-0.15, -0.1) is 0 Å². The maximum atomic E-state index is 12.9. The van der Waals surface area contributed by atoms with Crippen molar-refractivity contribution in [3.8, 4) is 0 Å². The van der Waals surface area contributed by atoms with Crippen LogP contribution >= 0.6 is 0 Å². The molecule has 0 spiro atoms. The Balaban J connectivity index is 3.00. The highest BCUT2D eigenvalue weighted by molar-refractivity contribution is 5.27. The van der Waals surface area contributed by atoms with Crippen LogP contribution in [0, 0.1) is 12.7 Å². The molecule has 0 atom stereocenters. The Morgan fingerprint density at radius 3 is 2.31 bits per heavy atom. The summed E-state index contributed by atoms with van der Waals surface area (Å²) in [4.78, 5) is 0. The molecule has 0 aliphatic rings. The highest BCUT2D eigenvalue weighted by Crippen LogP contribution is 2.24. The molecule has 0 aliphatic heterocycles. The summed E-state index contributed by atoms with van der Waals surface area (Å²) in [6, 6.07) is 3.89. The first-order chi connectivity index (χ1) is 5.90. The normalized spacial score (nSPS) is 11.8. The topological polar surface area (TPSA) is 0 Å². The van der Waals surface area contributed by atoms with E-state index in [1.165, 1.54) is 19.1 Å². The van der Waals surface area contributed by atoms with Gasteiger partial charge in [-0.3, -0.25) is 0 Å². The van der Waals surface area contributed by atoms with Crippen LogP contribution in [0.25, 0.3) is 0 Å². The average Bonchev–Trinajstić information content (AvgIpc) is 1.95. The van der Waals surface area contributed by atoms with E-state index in [1.807, 2.05) is 0 Å². The molecular formula is C9H8F4. The van der Waals surface area contributed by atoms with Gasteiger partial charge in [0, 0.05) is 0 Å². The van der Waals surface area contributed by atoms with Crippen molar-refractivity contribution in [1.29, 1.82) is 0 Å². The molecule has 0 saturated carbocycles. The lowest BCUT2D eigenvalue weighted by Crippen LogP contribution is -2.13. The van der Waals surface area contributed by atoms with E-state index in [-0.39, 0.29) is 5.56 Å². The van der Waals surface area contributed by atoms with Crippen molar-refractivity contribution in [1.82, 2.24) is 0 Å². The molecule has 1 aromatic carbocycles. The quantitative estimate of drug-likeness (QED) is 0.599. The summed E-state index contributed by atoms with van der Waals surface area (Å²) in [6.07, 6.45) is -5.56. The second kappa shape index (κ2) is 3.36. The molecule has 0 nitrogen and oxygen atoms in total. The van der Waals surface area contributed by atoms with Crippen molar-refractivity contribution in [2.75, 3.05) is 0 Å². The minimum absolute atomic E-state index is 0.269. The molecule has 0 aromatic heterocycles. The Morgan fingerprint density at radius 2 is 1.85 bits per heavy atom. The van der Waals surface area contributed by atoms with Crippen LogP contribution in [0.4, 0.5) is 17.6 Å². The molecule has 0 N–H and O–H groups in total. The van der Waals surface area contributed by atoms with Crippen LogP contribution in [-0.4, -0.2) is 6.18 Å². The first-order valence-corrected chi connectivity index (χ1v) is 3.71. The predicted octanol–water partition coefficient (Wildman–Crippen LogP) is 3.24. The number of hydrogen-bond acceptors (Lipinski definition) is 0. The molecular weight excluding hydrogens is 184 g/mol. The maximum Gasteiger partial charge on any atom is 0.393 e. The largest absolute Gasteiger partial charge is 0.393 e. The van der Waals surface area contributed by atoms with Crippen LogP contribution in [0.1, 0.15) is 11.1 Å². The number of hydrogen-bond donors (Lipinski definition) is 0. The van der Waals surface area contributed by atoms with E-state index in [0.29, 0.717) is 5.56 Å². The van der Waals surface area contributed by atoms with Gasteiger partial charge in [0.15, 0.2) is 0 Å². The molecule has 0 heterocycles. The van der Waals surface area contributed by atoms with E-state index in [9.17, 15) is 17.6 Å². The van der Waals surface area contributed by atoms with Crippen LogP contribution < -0.4 is 0 Å². The monoisotopic (exact) mass is 192 g/mol. The third-order valence-corrected chi connectivity index (χ3v) is 1.73. The van der Waals surface area contributed by atoms with Gasteiger partial charge in [-0.05, 0) is 24.1 Å². The van der Waals surface area contributed by atoms with Crippen LogP contribution in [0.2, 0.25) is 0 Å². The second-order valence-corrected chi connectivity index (χ2v) is 2.83. The zero-order valence-corrected chi connectivity index (χ0v) is 6.95. The predicted molar refractivity (Wildman–Crippen MR) is 40.9 cm³/mol. The van der Waals surface area contributed by atoms with Gasteiger partial charge in [-0.1, -0.05) is 12.1 Å². The Labute approximate surface area is 73.2 Å². The van der Waals surface area contributed by atoms with Crippen LogP contribution in [0.3, 0.4) is 0 Å². The molecule has 4 heteroatoms. The molecule has 72 valence electrons. The molecule has 0 radical (unpaired) electrons. The van der Waals surface area contributed by atoms with Gasteiger partial charge in [0.05, 0.1) is 6.42 Å². The molecule has 0 aliphatic carbocycles. The van der Waals surface area contributed by atoms with Crippen molar-refractivity contribution in [3.05, 3.63) is 35.1 Å². The third kappa shape index (κ3) is 2.72. The highest BCUT2D eigenvalue weighted by Gasteiger charge is 2.29. The van der Waals surface area contributed by atoms with Gasteiger partial charge in [0.2, 0.25) is 0 Å². The average molecular weight is 192 g/mol. The van der Waals surface area contributed by atoms with Crippen molar-refractivity contribution in [2.45, 2.75) is 19.5 Å². The number of halogens is 4. The molecule has 1 aromatic rings. The van der Waals surface area contributed by atoms with Gasteiger partial charge in [-0.2, -0.15) is 13.2 Å². The SMILES string of the molecule is Cc1cccc(F)c1CC(F)(F)F. The number of alkyl halides is 3. The van der Waals surface area contributed by atoms with Crippen LogP contribution in [0.15, 0.2) is 18.2 Å². The van der Waals surface area contributed by atoms with E-state index in [0.717, 1.165) is 6.07 Å². The zero-order chi connectivity index (χ0) is 10.1. The van der Waals surface area contributed by atoms with Crippen molar-refractivity contribution < 1.29 is 17.6 Å². The molecule has 13 heavy (non-hydrogen) atoms. The maximum absolute atomic E-state index is 12.9. The fourth-order valence-electron chi connectivity index (χ4n) is 1.09. The Kier molecular flexibility index (Phi) is 2.59. The van der Waals surface area contributed by atoms with Crippen molar-refractivity contribution >= 4 is 0 Å². The summed E-state index contributed by atoms with van der Waals surface area (Å²) >= 11 is 0. The van der Waals surface area contributed by atoms with Gasteiger partial charge in [0.25, 0.3) is 0 Å². The van der Waals surface area contributed by atoms with Crippen LogP contribution in [-0.2, 0) is 6.42 Å². The zero-order valence-electron chi connectivity index (χ0n) is 6.95. The summed E-state index contributed by atoms with van der Waals surface area (Å²) in [5.74, 6) is -0.794. The van der Waals surface area contributed by atoms with Gasteiger partial charge in [-0.25, -0.2) is 4.39 Å². The van der Waals surface area contributed by atoms with Gasteiger partial charge in [0.1, 0.15) is 5.82 Å². The van der Waals surface area contributed by atoms with Crippen molar-refractivity contribution in [2.24, 2.45) is 0 Å². The van der Waals surface area contributed by atoms with E-state index in [2.05, 4.69) is 0 Å². The van der Waals surface area contributed by atoms with E-state index in [1.54, 1.807) is 0 Å². The van der Waals surface area contributed by atoms with Gasteiger partial charge >= 0.3 is 6.18 Å². The smallest absolute Gasteiger partial charge is 0.207 e. The number of benzene rings is 1. The lowest BCUT2D eigenvalue weighted by molar-refractivity contribution is -0.127. The third-order valence-electron chi connectivity index (χ3n) is 1.73. The van der Waals surface area contributed by atoms with E-state index in [4.69, 9.17) is 0 Å². The lowest BCUT2D eigenvalue weighted by atomic mass is 10.1. The fourth-order valence-corrected chi connectivity index (χ4v) is 1.09. The minimum Gasteiger partial charge on any atom is -0.207 e. The van der Waals surface area contributed by atoms with E-state index >= 15 is 0 Å².